The highest BCUT2D eigenvalue weighted by atomic mass is 16.4. The second-order valence-corrected chi connectivity index (χ2v) is 8.01. The quantitative estimate of drug-likeness (QED) is 0.690. The van der Waals surface area contributed by atoms with Crippen LogP contribution in [0.25, 0.3) is 11.5 Å². The Bertz CT molecular complexity index is 1050. The molecule has 29 heavy (non-hydrogen) atoms. The second kappa shape index (κ2) is 7.50. The molecule has 0 aliphatic carbocycles. The minimum absolute atomic E-state index is 0.0481. The molecule has 3 aromatic rings. The van der Waals surface area contributed by atoms with Crippen LogP contribution in [-0.4, -0.2) is 45.1 Å². The maximum Gasteiger partial charge on any atom is 0.253 e. The molecule has 0 spiro atoms. The fourth-order valence-electron chi connectivity index (χ4n) is 2.61. The summed E-state index contributed by atoms with van der Waals surface area (Å²) in [5.41, 5.74) is 8.53. The van der Waals surface area contributed by atoms with Crippen LogP contribution >= 0.6 is 0 Å². The van der Waals surface area contributed by atoms with E-state index in [9.17, 15) is 4.79 Å². The lowest BCUT2D eigenvalue weighted by Gasteiger charge is -2.14. The third kappa shape index (κ3) is 4.34. The molecule has 0 saturated carbocycles. The van der Waals surface area contributed by atoms with Gasteiger partial charge >= 0.3 is 0 Å². The highest BCUT2D eigenvalue weighted by molar-refractivity contribution is 5.95. The van der Waals surface area contributed by atoms with Gasteiger partial charge in [0.05, 0.1) is 5.56 Å². The number of rotatable bonds is 4. The smallest absolute Gasteiger partial charge is 0.253 e. The van der Waals surface area contributed by atoms with Gasteiger partial charge in [-0.25, -0.2) is 4.98 Å². The first kappa shape index (κ1) is 20.2. The van der Waals surface area contributed by atoms with Gasteiger partial charge < -0.3 is 20.4 Å². The van der Waals surface area contributed by atoms with Crippen LogP contribution in [0, 0.1) is 6.92 Å². The number of aromatic nitrogens is 4. The molecule has 152 valence electrons. The molecule has 0 fully saturated rings. The van der Waals surface area contributed by atoms with Crippen molar-refractivity contribution in [2.24, 2.45) is 0 Å². The van der Waals surface area contributed by atoms with Gasteiger partial charge in [0.2, 0.25) is 11.8 Å². The zero-order valence-electron chi connectivity index (χ0n) is 17.4. The van der Waals surface area contributed by atoms with E-state index in [-0.39, 0.29) is 23.0 Å². The molecule has 0 atom stereocenters. The molecule has 0 saturated heterocycles. The van der Waals surface area contributed by atoms with E-state index in [1.54, 1.807) is 37.3 Å². The molecule has 1 amide bonds. The van der Waals surface area contributed by atoms with Crippen LogP contribution < -0.4 is 11.1 Å². The molecule has 0 radical (unpaired) electrons. The van der Waals surface area contributed by atoms with Crippen molar-refractivity contribution < 1.29 is 9.21 Å². The number of carbonyl (C=O) groups is 1. The molecule has 0 unspecified atom stereocenters. The number of nitrogens with one attached hydrogen (secondary N) is 1. The van der Waals surface area contributed by atoms with Crippen molar-refractivity contribution in [2.45, 2.75) is 33.1 Å². The molecule has 9 heteroatoms. The molecular formula is C20H25N7O2. The van der Waals surface area contributed by atoms with Crippen LogP contribution in [0.2, 0.25) is 0 Å². The number of aryl methyl sites for hydroxylation is 1. The van der Waals surface area contributed by atoms with Gasteiger partial charge in [-0.3, -0.25) is 4.79 Å². The van der Waals surface area contributed by atoms with E-state index in [4.69, 9.17) is 10.2 Å². The fraction of sp³-hybridized carbons (Fsp3) is 0.350. The number of nitrogens with zero attached hydrogens (tertiary/aromatic N) is 5. The molecule has 2 heterocycles. The minimum atomic E-state index is -0.264. The predicted octanol–water partition coefficient (Wildman–Crippen LogP) is 3.16. The third-order valence-corrected chi connectivity index (χ3v) is 4.23. The summed E-state index contributed by atoms with van der Waals surface area (Å²) in [5.74, 6) is 1.29. The molecule has 0 bridgehead atoms. The van der Waals surface area contributed by atoms with Gasteiger partial charge in [-0.15, -0.1) is 10.2 Å². The van der Waals surface area contributed by atoms with Crippen molar-refractivity contribution >= 4 is 23.4 Å². The highest BCUT2D eigenvalue weighted by Crippen LogP contribution is 2.28. The Balaban J connectivity index is 1.81. The van der Waals surface area contributed by atoms with E-state index in [2.05, 4.69) is 25.5 Å². The lowest BCUT2D eigenvalue weighted by atomic mass is 9.97. The van der Waals surface area contributed by atoms with Gasteiger partial charge in [-0.1, -0.05) is 20.8 Å². The summed E-state index contributed by atoms with van der Waals surface area (Å²) < 4.78 is 5.71. The molecule has 0 aliphatic heterocycles. The number of anilines is 3. The predicted molar refractivity (Wildman–Crippen MR) is 111 cm³/mol. The van der Waals surface area contributed by atoms with E-state index in [1.165, 1.54) is 0 Å². The van der Waals surface area contributed by atoms with Crippen LogP contribution in [0.5, 0.6) is 0 Å². The van der Waals surface area contributed by atoms with Crippen LogP contribution in [0.3, 0.4) is 0 Å². The van der Waals surface area contributed by atoms with Gasteiger partial charge in [0.25, 0.3) is 11.8 Å². The lowest BCUT2D eigenvalue weighted by Crippen LogP contribution is -2.22. The number of nitrogens with two attached hydrogens (primary N) is 1. The Morgan fingerprint density at radius 1 is 1.21 bits per heavy atom. The number of hydrogen-bond donors (Lipinski definition) is 2. The maximum atomic E-state index is 12.2. The average molecular weight is 395 g/mol. The van der Waals surface area contributed by atoms with E-state index >= 15 is 0 Å². The summed E-state index contributed by atoms with van der Waals surface area (Å²) in [6, 6.07) is 5.42. The third-order valence-electron chi connectivity index (χ3n) is 4.23. The Morgan fingerprint density at radius 3 is 2.48 bits per heavy atom. The molecule has 1 aromatic carbocycles. The normalized spacial score (nSPS) is 11.4. The number of amides is 1. The van der Waals surface area contributed by atoms with Crippen molar-refractivity contribution in [3.63, 3.8) is 0 Å². The summed E-state index contributed by atoms with van der Waals surface area (Å²) in [4.78, 5) is 22.3. The Hall–Kier alpha value is -3.49. The monoisotopic (exact) mass is 395 g/mol. The van der Waals surface area contributed by atoms with Crippen molar-refractivity contribution in [3.05, 3.63) is 41.4 Å². The minimum Gasteiger partial charge on any atom is -0.420 e. The molecule has 9 nitrogen and oxygen atoms in total. The van der Waals surface area contributed by atoms with Crippen LogP contribution in [-0.2, 0) is 5.41 Å². The van der Waals surface area contributed by atoms with Gasteiger partial charge in [-0.2, -0.15) is 4.98 Å². The summed E-state index contributed by atoms with van der Waals surface area (Å²) in [6.07, 6.45) is 1.54. The lowest BCUT2D eigenvalue weighted by molar-refractivity contribution is 0.0827. The fourth-order valence-corrected chi connectivity index (χ4v) is 2.61. The molecule has 0 aliphatic rings. The molecular weight excluding hydrogens is 370 g/mol. The number of benzene rings is 1. The second-order valence-electron chi connectivity index (χ2n) is 8.01. The zero-order chi connectivity index (χ0) is 21.3. The molecule has 3 N–H and O–H groups in total. The van der Waals surface area contributed by atoms with Gasteiger partial charge in [0.1, 0.15) is 5.82 Å². The summed E-state index contributed by atoms with van der Waals surface area (Å²) in [6.45, 7) is 7.83. The van der Waals surface area contributed by atoms with E-state index in [0.29, 0.717) is 23.0 Å². The van der Waals surface area contributed by atoms with Crippen molar-refractivity contribution in [1.82, 2.24) is 25.1 Å². The number of nitrogen functional groups attached to an aromatic ring is 1. The van der Waals surface area contributed by atoms with E-state index in [1.807, 2.05) is 33.8 Å². The van der Waals surface area contributed by atoms with E-state index in [0.717, 1.165) is 11.3 Å². The highest BCUT2D eigenvalue weighted by Gasteiger charge is 2.23. The summed E-state index contributed by atoms with van der Waals surface area (Å²) >= 11 is 0. The van der Waals surface area contributed by atoms with Gasteiger partial charge in [0.15, 0.2) is 0 Å². The average Bonchev–Trinajstić information content (AvgIpc) is 3.11. The zero-order valence-corrected chi connectivity index (χ0v) is 17.4. The van der Waals surface area contributed by atoms with Crippen LogP contribution in [0.4, 0.5) is 17.5 Å². The standard InChI is InChI=1S/C20H25N7O2/c1-11-9-12(7-8-13(11)17(28)27(5)6)23-19-22-10-14(15(21)24-19)16-25-26-18(29-16)20(2,3)4/h7-10H,1-6H3,(H3,21,22,23,24). The van der Waals surface area contributed by atoms with Crippen LogP contribution in [0.15, 0.2) is 28.8 Å². The van der Waals surface area contributed by atoms with Crippen molar-refractivity contribution in [1.29, 1.82) is 0 Å². The van der Waals surface area contributed by atoms with Crippen LogP contribution in [0.1, 0.15) is 42.6 Å². The summed E-state index contributed by atoms with van der Waals surface area (Å²) in [5, 5.41) is 11.2. The Morgan fingerprint density at radius 2 is 1.93 bits per heavy atom. The first-order valence-corrected chi connectivity index (χ1v) is 9.12. The van der Waals surface area contributed by atoms with Gasteiger partial charge in [0, 0.05) is 37.0 Å². The topological polar surface area (TPSA) is 123 Å². The number of hydrogen-bond acceptors (Lipinski definition) is 8. The van der Waals surface area contributed by atoms with Crippen molar-refractivity contribution in [2.75, 3.05) is 25.1 Å². The SMILES string of the molecule is Cc1cc(Nc2ncc(-c3nnc(C(C)(C)C)o3)c(N)n2)ccc1C(=O)N(C)C. The molecule has 2 aromatic heterocycles. The Labute approximate surface area is 169 Å². The summed E-state index contributed by atoms with van der Waals surface area (Å²) in [7, 11) is 3.44. The number of carbonyl (C=O) groups excluding carboxylic acids is 1. The molecule has 3 rings (SSSR count). The maximum absolute atomic E-state index is 12.2. The van der Waals surface area contributed by atoms with Crippen molar-refractivity contribution in [3.8, 4) is 11.5 Å². The van der Waals surface area contributed by atoms with E-state index < -0.39 is 0 Å². The van der Waals surface area contributed by atoms with Gasteiger partial charge in [-0.05, 0) is 30.7 Å². The first-order valence-electron chi connectivity index (χ1n) is 9.12. The largest absolute Gasteiger partial charge is 0.420 e. The first-order chi connectivity index (χ1) is 13.6. The Kier molecular flexibility index (Phi) is 5.23.